The van der Waals surface area contributed by atoms with Crippen LogP contribution >= 0.6 is 11.8 Å². The smallest absolute Gasteiger partial charge is 0.321 e. The van der Waals surface area contributed by atoms with E-state index in [2.05, 4.69) is 4.72 Å². The van der Waals surface area contributed by atoms with Crippen molar-refractivity contribution in [3.8, 4) is 11.1 Å². The van der Waals surface area contributed by atoms with Gasteiger partial charge in [0.15, 0.2) is 0 Å². The van der Waals surface area contributed by atoms with E-state index in [4.69, 9.17) is 0 Å². The van der Waals surface area contributed by atoms with Crippen LogP contribution in [0.1, 0.15) is 20.3 Å². The number of thioether (sulfide) groups is 1. The molecule has 2 rings (SSSR count). The molecule has 0 aliphatic carbocycles. The molecule has 0 fully saturated rings. The van der Waals surface area contributed by atoms with Gasteiger partial charge in [-0.3, -0.25) is 4.79 Å². The predicted molar refractivity (Wildman–Crippen MR) is 105 cm³/mol. The highest BCUT2D eigenvalue weighted by Gasteiger charge is 2.26. The third kappa shape index (κ3) is 5.33. The fraction of sp³-hybridized carbons (Fsp3) is 0.316. The largest absolute Gasteiger partial charge is 0.480 e. The lowest BCUT2D eigenvalue weighted by molar-refractivity contribution is -0.139. The Morgan fingerprint density at radius 2 is 1.54 bits per heavy atom. The summed E-state index contributed by atoms with van der Waals surface area (Å²) in [6, 6.07) is 13.3. The summed E-state index contributed by atoms with van der Waals surface area (Å²) in [6.45, 7) is 3.70. The Bertz CT molecular complexity index is 844. The summed E-state index contributed by atoms with van der Waals surface area (Å²) in [4.78, 5) is 12.5. The van der Waals surface area contributed by atoms with Gasteiger partial charge in [-0.25, -0.2) is 8.42 Å². The van der Waals surface area contributed by atoms with E-state index in [9.17, 15) is 18.3 Å². The van der Waals surface area contributed by atoms with E-state index < -0.39 is 22.0 Å². The third-order valence-electron chi connectivity index (χ3n) is 3.89. The first-order chi connectivity index (χ1) is 12.2. The monoisotopic (exact) mass is 393 g/mol. The number of sulfonamides is 1. The molecule has 0 aliphatic rings. The van der Waals surface area contributed by atoms with E-state index in [0.717, 1.165) is 16.0 Å². The zero-order valence-corrected chi connectivity index (χ0v) is 16.6. The molecule has 2 N–H and O–H groups in total. The minimum Gasteiger partial charge on any atom is -0.480 e. The maximum atomic E-state index is 12.5. The van der Waals surface area contributed by atoms with Gasteiger partial charge < -0.3 is 5.11 Å². The van der Waals surface area contributed by atoms with E-state index in [1.54, 1.807) is 23.9 Å². The molecular formula is C19H23NO4S2. The minimum atomic E-state index is -3.89. The second-order valence-corrected chi connectivity index (χ2v) is 8.99. The summed E-state index contributed by atoms with van der Waals surface area (Å²) in [5.41, 5.74) is 1.89. The highest BCUT2D eigenvalue weighted by Crippen LogP contribution is 2.24. The van der Waals surface area contributed by atoms with Gasteiger partial charge >= 0.3 is 5.97 Å². The first-order valence-electron chi connectivity index (χ1n) is 8.22. The van der Waals surface area contributed by atoms with Crippen molar-refractivity contribution in [1.29, 1.82) is 0 Å². The van der Waals surface area contributed by atoms with Crippen molar-refractivity contribution in [1.82, 2.24) is 4.72 Å². The van der Waals surface area contributed by atoms with Crippen LogP contribution in [-0.4, -0.2) is 31.8 Å². The fourth-order valence-corrected chi connectivity index (χ4v) is 4.15. The molecular weight excluding hydrogens is 370 g/mol. The zero-order chi connectivity index (χ0) is 19.3. The topological polar surface area (TPSA) is 83.5 Å². The van der Waals surface area contributed by atoms with Gasteiger partial charge in [-0.15, -0.1) is 11.8 Å². The molecule has 0 aliphatic heterocycles. The van der Waals surface area contributed by atoms with Gasteiger partial charge in [-0.2, -0.15) is 4.72 Å². The molecule has 140 valence electrons. The number of carboxylic acid groups (broad SMARTS) is 1. The number of rotatable bonds is 8. The fourth-order valence-electron chi connectivity index (χ4n) is 2.54. The Morgan fingerprint density at radius 3 is 1.96 bits per heavy atom. The van der Waals surface area contributed by atoms with Gasteiger partial charge in [-0.05, 0) is 54.0 Å². The maximum Gasteiger partial charge on any atom is 0.321 e. The number of nitrogens with one attached hydrogen (secondary N) is 1. The van der Waals surface area contributed by atoms with E-state index in [-0.39, 0.29) is 17.2 Å². The van der Waals surface area contributed by atoms with E-state index in [1.807, 2.05) is 44.4 Å². The van der Waals surface area contributed by atoms with Gasteiger partial charge in [0, 0.05) is 4.90 Å². The van der Waals surface area contributed by atoms with Crippen LogP contribution in [0.5, 0.6) is 0 Å². The third-order valence-corrected chi connectivity index (χ3v) is 6.12. The summed E-state index contributed by atoms with van der Waals surface area (Å²) >= 11 is 1.65. The molecule has 1 atom stereocenters. The molecule has 2 aromatic rings. The van der Waals surface area contributed by atoms with Crippen LogP contribution in [0.3, 0.4) is 0 Å². The highest BCUT2D eigenvalue weighted by molar-refractivity contribution is 7.98. The Labute approximate surface area is 158 Å². The lowest BCUT2D eigenvalue weighted by Gasteiger charge is -2.16. The van der Waals surface area contributed by atoms with E-state index in [1.165, 1.54) is 12.1 Å². The Morgan fingerprint density at radius 1 is 1.04 bits per heavy atom. The quantitative estimate of drug-likeness (QED) is 0.666. The van der Waals surface area contributed by atoms with Gasteiger partial charge in [-0.1, -0.05) is 38.1 Å². The maximum absolute atomic E-state index is 12.5. The summed E-state index contributed by atoms with van der Waals surface area (Å²) in [5.74, 6) is -1.11. The number of hydrogen-bond acceptors (Lipinski definition) is 4. The molecule has 0 aromatic heterocycles. The van der Waals surface area contributed by atoms with Crippen LogP contribution < -0.4 is 4.72 Å². The number of aliphatic carboxylic acids is 1. The lowest BCUT2D eigenvalue weighted by atomic mass is 10.1. The number of benzene rings is 2. The van der Waals surface area contributed by atoms with Crippen LogP contribution in [-0.2, 0) is 14.8 Å². The van der Waals surface area contributed by atoms with Gasteiger partial charge in [0.1, 0.15) is 6.04 Å². The number of carbonyl (C=O) groups is 1. The lowest BCUT2D eigenvalue weighted by Crippen LogP contribution is -2.41. The molecule has 0 bridgehead atoms. The van der Waals surface area contributed by atoms with Crippen LogP contribution in [0.25, 0.3) is 11.1 Å². The second-order valence-electron chi connectivity index (χ2n) is 6.39. The van der Waals surface area contributed by atoms with Crippen molar-refractivity contribution in [2.45, 2.75) is 36.1 Å². The van der Waals surface area contributed by atoms with Crippen molar-refractivity contribution < 1.29 is 18.3 Å². The van der Waals surface area contributed by atoms with Crippen molar-refractivity contribution in [2.75, 3.05) is 6.26 Å². The van der Waals surface area contributed by atoms with E-state index >= 15 is 0 Å². The van der Waals surface area contributed by atoms with Gasteiger partial charge in [0.2, 0.25) is 10.0 Å². The molecule has 0 amide bonds. The van der Waals surface area contributed by atoms with Crippen LogP contribution in [0.4, 0.5) is 0 Å². The molecule has 1 unspecified atom stereocenters. The highest BCUT2D eigenvalue weighted by atomic mass is 32.2. The molecule has 0 radical (unpaired) electrons. The summed E-state index contributed by atoms with van der Waals surface area (Å²) in [6.07, 6.45) is 2.24. The molecule has 26 heavy (non-hydrogen) atoms. The Balaban J connectivity index is 2.20. The number of carboxylic acids is 1. The SMILES string of the molecule is CSc1ccc(-c2ccc(S(=O)(=O)NC(CC(C)C)C(=O)O)cc2)cc1. The normalized spacial score (nSPS) is 12.9. The summed E-state index contributed by atoms with van der Waals surface area (Å²) in [5, 5.41) is 9.24. The molecule has 2 aromatic carbocycles. The molecule has 5 nitrogen and oxygen atoms in total. The van der Waals surface area contributed by atoms with Crippen molar-refractivity contribution in [3.05, 3.63) is 48.5 Å². The van der Waals surface area contributed by atoms with E-state index in [0.29, 0.717) is 0 Å². The van der Waals surface area contributed by atoms with Crippen LogP contribution in [0, 0.1) is 5.92 Å². The van der Waals surface area contributed by atoms with Crippen molar-refractivity contribution in [2.24, 2.45) is 5.92 Å². The Hall–Kier alpha value is -1.83. The standard InChI is InChI=1S/C19H23NO4S2/c1-13(2)12-18(19(21)22)20-26(23,24)17-10-6-15(7-11-17)14-4-8-16(25-3)9-5-14/h4-11,13,18,20H,12H2,1-3H3,(H,21,22). The molecule has 7 heteroatoms. The Kier molecular flexibility index (Phi) is 6.86. The van der Waals surface area contributed by atoms with Crippen molar-refractivity contribution >= 4 is 27.8 Å². The second kappa shape index (κ2) is 8.70. The van der Waals surface area contributed by atoms with Crippen molar-refractivity contribution in [3.63, 3.8) is 0 Å². The average molecular weight is 394 g/mol. The molecule has 0 saturated carbocycles. The van der Waals surface area contributed by atoms with Crippen LogP contribution in [0.2, 0.25) is 0 Å². The van der Waals surface area contributed by atoms with Crippen LogP contribution in [0.15, 0.2) is 58.3 Å². The zero-order valence-electron chi connectivity index (χ0n) is 15.0. The first kappa shape index (κ1) is 20.5. The molecule has 0 spiro atoms. The summed E-state index contributed by atoms with van der Waals surface area (Å²) in [7, 11) is -3.89. The minimum absolute atomic E-state index is 0.0528. The average Bonchev–Trinajstić information content (AvgIpc) is 2.61. The van der Waals surface area contributed by atoms with Gasteiger partial charge in [0.25, 0.3) is 0 Å². The number of hydrogen-bond donors (Lipinski definition) is 2. The van der Waals surface area contributed by atoms with Gasteiger partial charge in [0.05, 0.1) is 4.90 Å². The summed E-state index contributed by atoms with van der Waals surface area (Å²) < 4.78 is 27.2. The first-order valence-corrected chi connectivity index (χ1v) is 10.9. The molecule has 0 heterocycles. The molecule has 0 saturated heterocycles. The predicted octanol–water partition coefficient (Wildman–Crippen LogP) is 3.85.